The van der Waals surface area contributed by atoms with Gasteiger partial charge >= 0.3 is 0 Å². The first-order chi connectivity index (χ1) is 10.1. The molecule has 110 valence electrons. The van der Waals surface area contributed by atoms with Crippen molar-refractivity contribution in [1.29, 1.82) is 0 Å². The number of aldehydes is 1. The number of hydrogen-bond acceptors (Lipinski definition) is 3. The van der Waals surface area contributed by atoms with E-state index < -0.39 is 0 Å². The summed E-state index contributed by atoms with van der Waals surface area (Å²) in [6, 6.07) is 11.5. The lowest BCUT2D eigenvalue weighted by molar-refractivity contribution is 0.112. The lowest BCUT2D eigenvalue weighted by Crippen LogP contribution is -2.01. The summed E-state index contributed by atoms with van der Waals surface area (Å²) in [4.78, 5) is 10.8. The first kappa shape index (κ1) is 15.1. The first-order valence-corrected chi connectivity index (χ1v) is 7.05. The number of benzene rings is 2. The number of carbonyl (C=O) groups excluding carboxylic acids is 1. The summed E-state index contributed by atoms with van der Waals surface area (Å²) in [5.41, 5.74) is 4.21. The molecule has 0 aliphatic heterocycles. The van der Waals surface area contributed by atoms with Crippen LogP contribution >= 0.6 is 0 Å². The molecule has 0 aliphatic rings. The third-order valence-corrected chi connectivity index (χ3v) is 3.37. The van der Waals surface area contributed by atoms with Crippen LogP contribution in [0.5, 0.6) is 11.5 Å². The van der Waals surface area contributed by atoms with E-state index in [-0.39, 0.29) is 0 Å². The van der Waals surface area contributed by atoms with Gasteiger partial charge in [-0.25, -0.2) is 0 Å². The van der Waals surface area contributed by atoms with Crippen molar-refractivity contribution in [3.05, 3.63) is 58.7 Å². The van der Waals surface area contributed by atoms with Crippen LogP contribution in [0, 0.1) is 13.8 Å². The van der Waals surface area contributed by atoms with E-state index in [1.165, 1.54) is 11.1 Å². The van der Waals surface area contributed by atoms with E-state index in [2.05, 4.69) is 32.0 Å². The van der Waals surface area contributed by atoms with Crippen molar-refractivity contribution < 1.29 is 14.3 Å². The van der Waals surface area contributed by atoms with E-state index in [1.54, 1.807) is 18.2 Å². The molecule has 0 radical (unpaired) electrons. The Kier molecular flexibility index (Phi) is 4.99. The molecule has 0 bridgehead atoms. The van der Waals surface area contributed by atoms with Crippen molar-refractivity contribution in [2.45, 2.75) is 27.4 Å². The molecule has 0 amide bonds. The topological polar surface area (TPSA) is 35.5 Å². The SMILES string of the molecule is CCOc1cc(C=O)ccc1OCc1ccc(C)c(C)c1. The average Bonchev–Trinajstić information content (AvgIpc) is 2.49. The van der Waals surface area contributed by atoms with Gasteiger partial charge in [0.1, 0.15) is 12.9 Å². The molecule has 0 heterocycles. The molecule has 0 saturated carbocycles. The molecule has 0 aliphatic carbocycles. The van der Waals surface area contributed by atoms with Gasteiger partial charge in [0, 0.05) is 5.56 Å². The Labute approximate surface area is 125 Å². The highest BCUT2D eigenvalue weighted by molar-refractivity contribution is 5.76. The number of carbonyl (C=O) groups is 1. The Morgan fingerprint density at radius 3 is 2.43 bits per heavy atom. The van der Waals surface area contributed by atoms with E-state index in [0.717, 1.165) is 11.8 Å². The van der Waals surface area contributed by atoms with Crippen LogP contribution in [0.3, 0.4) is 0 Å². The minimum atomic E-state index is 0.474. The lowest BCUT2D eigenvalue weighted by Gasteiger charge is -2.13. The third kappa shape index (κ3) is 3.85. The molecule has 0 N–H and O–H groups in total. The van der Waals surface area contributed by atoms with E-state index >= 15 is 0 Å². The van der Waals surface area contributed by atoms with Crippen LogP contribution in [0.1, 0.15) is 34.0 Å². The molecule has 0 saturated heterocycles. The fraction of sp³-hybridized carbons (Fsp3) is 0.278. The molecule has 0 aromatic heterocycles. The van der Waals surface area contributed by atoms with Gasteiger partial charge in [0.15, 0.2) is 11.5 Å². The molecular formula is C18H20O3. The van der Waals surface area contributed by atoms with Gasteiger partial charge in [-0.15, -0.1) is 0 Å². The smallest absolute Gasteiger partial charge is 0.161 e. The van der Waals surface area contributed by atoms with Gasteiger partial charge in [0.05, 0.1) is 6.61 Å². The first-order valence-electron chi connectivity index (χ1n) is 7.05. The summed E-state index contributed by atoms with van der Waals surface area (Å²) in [6.45, 7) is 7.08. The summed E-state index contributed by atoms with van der Waals surface area (Å²) >= 11 is 0. The fourth-order valence-electron chi connectivity index (χ4n) is 2.04. The van der Waals surface area contributed by atoms with Gasteiger partial charge in [-0.05, 0) is 55.7 Å². The zero-order valence-corrected chi connectivity index (χ0v) is 12.7. The maximum atomic E-state index is 10.8. The van der Waals surface area contributed by atoms with Gasteiger partial charge < -0.3 is 9.47 Å². The Hall–Kier alpha value is -2.29. The van der Waals surface area contributed by atoms with Gasteiger partial charge in [0.2, 0.25) is 0 Å². The Morgan fingerprint density at radius 2 is 1.76 bits per heavy atom. The summed E-state index contributed by atoms with van der Waals surface area (Å²) < 4.78 is 11.4. The highest BCUT2D eigenvalue weighted by atomic mass is 16.5. The number of ether oxygens (including phenoxy) is 2. The van der Waals surface area contributed by atoms with Crippen molar-refractivity contribution in [3.63, 3.8) is 0 Å². The molecule has 21 heavy (non-hydrogen) atoms. The summed E-state index contributed by atoms with van der Waals surface area (Å²) in [6.07, 6.45) is 0.801. The van der Waals surface area contributed by atoms with Crippen LogP contribution in [0.4, 0.5) is 0 Å². The zero-order valence-electron chi connectivity index (χ0n) is 12.7. The van der Waals surface area contributed by atoms with Crippen LogP contribution in [-0.2, 0) is 6.61 Å². The maximum absolute atomic E-state index is 10.8. The molecule has 0 fully saturated rings. The zero-order chi connectivity index (χ0) is 15.2. The highest BCUT2D eigenvalue weighted by Crippen LogP contribution is 2.29. The van der Waals surface area contributed by atoms with Crippen molar-refractivity contribution in [2.75, 3.05) is 6.61 Å². The van der Waals surface area contributed by atoms with Crippen LogP contribution in [-0.4, -0.2) is 12.9 Å². The monoisotopic (exact) mass is 284 g/mol. The second-order valence-corrected chi connectivity index (χ2v) is 4.96. The van der Waals surface area contributed by atoms with E-state index in [1.807, 2.05) is 6.92 Å². The van der Waals surface area contributed by atoms with Crippen LogP contribution in [0.25, 0.3) is 0 Å². The molecule has 3 nitrogen and oxygen atoms in total. The molecule has 2 aromatic rings. The molecule has 0 atom stereocenters. The van der Waals surface area contributed by atoms with Crippen molar-refractivity contribution in [3.8, 4) is 11.5 Å². The minimum Gasteiger partial charge on any atom is -0.490 e. The number of rotatable bonds is 6. The van der Waals surface area contributed by atoms with Crippen molar-refractivity contribution in [1.82, 2.24) is 0 Å². The van der Waals surface area contributed by atoms with Gasteiger partial charge in [0.25, 0.3) is 0 Å². The lowest BCUT2D eigenvalue weighted by atomic mass is 10.1. The Balaban J connectivity index is 2.14. The number of hydrogen-bond donors (Lipinski definition) is 0. The van der Waals surface area contributed by atoms with Crippen molar-refractivity contribution in [2.24, 2.45) is 0 Å². The Morgan fingerprint density at radius 1 is 0.952 bits per heavy atom. The Bertz CT molecular complexity index is 632. The molecule has 2 aromatic carbocycles. The number of aryl methyl sites for hydroxylation is 2. The summed E-state index contributed by atoms with van der Waals surface area (Å²) in [5.74, 6) is 1.26. The van der Waals surface area contributed by atoms with Crippen molar-refractivity contribution >= 4 is 6.29 Å². The van der Waals surface area contributed by atoms with Gasteiger partial charge in [-0.2, -0.15) is 0 Å². The maximum Gasteiger partial charge on any atom is 0.161 e. The highest BCUT2D eigenvalue weighted by Gasteiger charge is 2.07. The molecule has 0 spiro atoms. The van der Waals surface area contributed by atoms with Crippen LogP contribution < -0.4 is 9.47 Å². The van der Waals surface area contributed by atoms with Gasteiger partial charge in [-0.1, -0.05) is 18.2 Å². The molecular weight excluding hydrogens is 264 g/mol. The predicted molar refractivity (Wildman–Crippen MR) is 83.2 cm³/mol. The third-order valence-electron chi connectivity index (χ3n) is 3.37. The summed E-state index contributed by atoms with van der Waals surface area (Å²) in [5, 5.41) is 0. The minimum absolute atomic E-state index is 0.474. The normalized spacial score (nSPS) is 10.2. The van der Waals surface area contributed by atoms with Gasteiger partial charge in [-0.3, -0.25) is 4.79 Å². The molecule has 0 unspecified atom stereocenters. The van der Waals surface area contributed by atoms with Crippen LogP contribution in [0.15, 0.2) is 36.4 Å². The average molecular weight is 284 g/mol. The second-order valence-electron chi connectivity index (χ2n) is 4.96. The standard InChI is InChI=1S/C18H20O3/c1-4-20-18-10-15(11-19)7-8-17(18)21-12-16-6-5-13(2)14(3)9-16/h5-11H,4,12H2,1-3H3. The van der Waals surface area contributed by atoms with E-state index in [4.69, 9.17) is 9.47 Å². The largest absolute Gasteiger partial charge is 0.490 e. The molecule has 2 rings (SSSR count). The van der Waals surface area contributed by atoms with E-state index in [0.29, 0.717) is 30.3 Å². The molecule has 3 heteroatoms. The summed E-state index contributed by atoms with van der Waals surface area (Å²) in [7, 11) is 0. The van der Waals surface area contributed by atoms with E-state index in [9.17, 15) is 4.79 Å². The fourth-order valence-corrected chi connectivity index (χ4v) is 2.04. The van der Waals surface area contributed by atoms with Crippen LogP contribution in [0.2, 0.25) is 0 Å². The second kappa shape index (κ2) is 6.93. The predicted octanol–water partition coefficient (Wildman–Crippen LogP) is 4.09. The quantitative estimate of drug-likeness (QED) is 0.749.